The maximum atomic E-state index is 13.2. The van der Waals surface area contributed by atoms with Crippen LogP contribution in [-0.4, -0.2) is 51.4 Å². The molecule has 0 spiro atoms. The smallest absolute Gasteiger partial charge is 0.338 e. The molecule has 3 rings (SSSR count). The largest absolute Gasteiger partial charge is 0.495 e. The molecule has 172 valence electrons. The van der Waals surface area contributed by atoms with Crippen LogP contribution in [0.1, 0.15) is 41.6 Å². The lowest BCUT2D eigenvalue weighted by molar-refractivity contribution is -0.119. The standard InChI is InChI=1S/C23H28N2O6S/c1-17-8-7-9-19(14-17)24-22(26)16-31-23(27)18-10-11-20(30-2)21(15-18)32(28,29)25-12-5-3-4-6-13-25/h7-11,14-15H,3-6,12-13,16H2,1-2H3,(H,24,26). The molecule has 32 heavy (non-hydrogen) atoms. The van der Waals surface area contributed by atoms with Gasteiger partial charge in [0.15, 0.2) is 6.61 Å². The first kappa shape index (κ1) is 23.7. The molecule has 1 fully saturated rings. The maximum absolute atomic E-state index is 13.2. The van der Waals surface area contributed by atoms with Gasteiger partial charge in [-0.15, -0.1) is 0 Å². The summed E-state index contributed by atoms with van der Waals surface area (Å²) in [5.41, 5.74) is 1.61. The van der Waals surface area contributed by atoms with Crippen molar-refractivity contribution in [2.24, 2.45) is 0 Å². The number of anilines is 1. The summed E-state index contributed by atoms with van der Waals surface area (Å²) in [4.78, 5) is 24.5. The van der Waals surface area contributed by atoms with E-state index in [1.807, 2.05) is 13.0 Å². The fraction of sp³-hybridized carbons (Fsp3) is 0.391. The van der Waals surface area contributed by atoms with E-state index in [-0.39, 0.29) is 16.2 Å². The van der Waals surface area contributed by atoms with Crippen molar-refractivity contribution in [1.29, 1.82) is 0 Å². The summed E-state index contributed by atoms with van der Waals surface area (Å²) in [6, 6.07) is 11.3. The van der Waals surface area contributed by atoms with Crippen molar-refractivity contribution in [1.82, 2.24) is 4.31 Å². The lowest BCUT2D eigenvalue weighted by Gasteiger charge is -2.21. The van der Waals surface area contributed by atoms with E-state index >= 15 is 0 Å². The second kappa shape index (κ2) is 10.6. The second-order valence-electron chi connectivity index (χ2n) is 7.68. The molecular weight excluding hydrogens is 432 g/mol. The van der Waals surface area contributed by atoms with Crippen molar-refractivity contribution < 1.29 is 27.5 Å². The van der Waals surface area contributed by atoms with Gasteiger partial charge in [0.1, 0.15) is 10.6 Å². The number of hydrogen-bond acceptors (Lipinski definition) is 6. The average molecular weight is 461 g/mol. The zero-order valence-corrected chi connectivity index (χ0v) is 19.1. The van der Waals surface area contributed by atoms with Crippen LogP contribution in [0.3, 0.4) is 0 Å². The monoisotopic (exact) mass is 460 g/mol. The number of methoxy groups -OCH3 is 1. The zero-order chi connectivity index (χ0) is 23.1. The summed E-state index contributed by atoms with van der Waals surface area (Å²) in [7, 11) is -2.46. The minimum Gasteiger partial charge on any atom is -0.495 e. The number of aryl methyl sites for hydroxylation is 1. The van der Waals surface area contributed by atoms with Gasteiger partial charge in [-0.25, -0.2) is 13.2 Å². The van der Waals surface area contributed by atoms with Gasteiger partial charge >= 0.3 is 5.97 Å². The number of carbonyl (C=O) groups is 2. The third kappa shape index (κ3) is 5.86. The van der Waals surface area contributed by atoms with E-state index in [0.29, 0.717) is 18.8 Å². The summed E-state index contributed by atoms with van der Waals surface area (Å²) in [5, 5.41) is 2.65. The lowest BCUT2D eigenvalue weighted by atomic mass is 10.2. The van der Waals surface area contributed by atoms with E-state index in [9.17, 15) is 18.0 Å². The first-order valence-corrected chi connectivity index (χ1v) is 12.0. The van der Waals surface area contributed by atoms with Crippen LogP contribution < -0.4 is 10.1 Å². The molecule has 1 saturated heterocycles. The number of carbonyl (C=O) groups excluding carboxylic acids is 2. The summed E-state index contributed by atoms with van der Waals surface area (Å²) in [6.45, 7) is 2.27. The Kier molecular flexibility index (Phi) is 7.87. The van der Waals surface area contributed by atoms with Gasteiger partial charge in [-0.05, 0) is 55.7 Å². The van der Waals surface area contributed by atoms with Gasteiger partial charge < -0.3 is 14.8 Å². The molecule has 1 amide bonds. The van der Waals surface area contributed by atoms with Crippen molar-refractivity contribution in [2.75, 3.05) is 32.1 Å². The minimum atomic E-state index is -3.84. The Morgan fingerprint density at radius 3 is 2.41 bits per heavy atom. The Morgan fingerprint density at radius 1 is 1.03 bits per heavy atom. The van der Waals surface area contributed by atoms with E-state index in [4.69, 9.17) is 9.47 Å². The number of sulfonamides is 1. The van der Waals surface area contributed by atoms with Crippen LogP contribution in [0.15, 0.2) is 47.4 Å². The predicted molar refractivity (Wildman–Crippen MR) is 120 cm³/mol. The SMILES string of the molecule is COc1ccc(C(=O)OCC(=O)Nc2cccc(C)c2)cc1S(=O)(=O)N1CCCCCC1. The van der Waals surface area contributed by atoms with E-state index in [2.05, 4.69) is 5.32 Å². The molecule has 0 bridgehead atoms. The third-order valence-corrected chi connectivity index (χ3v) is 7.14. The number of rotatable bonds is 7. The molecule has 0 aliphatic carbocycles. The molecule has 0 saturated carbocycles. The van der Waals surface area contributed by atoms with Crippen LogP contribution in [0, 0.1) is 6.92 Å². The van der Waals surface area contributed by atoms with Crippen molar-refractivity contribution in [3.63, 3.8) is 0 Å². The van der Waals surface area contributed by atoms with Gasteiger partial charge in [0.05, 0.1) is 12.7 Å². The van der Waals surface area contributed by atoms with Crippen molar-refractivity contribution in [3.8, 4) is 5.75 Å². The molecule has 9 heteroatoms. The molecule has 1 N–H and O–H groups in total. The van der Waals surface area contributed by atoms with Crippen LogP contribution in [0.2, 0.25) is 0 Å². The number of nitrogens with zero attached hydrogens (tertiary/aromatic N) is 1. The Hall–Kier alpha value is -2.91. The van der Waals surface area contributed by atoms with E-state index in [0.717, 1.165) is 31.2 Å². The highest BCUT2D eigenvalue weighted by atomic mass is 32.2. The molecule has 0 unspecified atom stereocenters. The number of benzene rings is 2. The minimum absolute atomic E-state index is 0.0301. The van der Waals surface area contributed by atoms with E-state index in [1.165, 1.54) is 29.6 Å². The fourth-order valence-electron chi connectivity index (χ4n) is 3.56. The highest BCUT2D eigenvalue weighted by molar-refractivity contribution is 7.89. The van der Waals surface area contributed by atoms with Crippen LogP contribution in [0.25, 0.3) is 0 Å². The molecule has 0 radical (unpaired) electrons. The highest BCUT2D eigenvalue weighted by Gasteiger charge is 2.29. The third-order valence-electron chi connectivity index (χ3n) is 5.22. The molecular formula is C23H28N2O6S. The molecule has 1 aliphatic heterocycles. The summed E-state index contributed by atoms with van der Waals surface area (Å²) in [6.07, 6.45) is 3.55. The lowest BCUT2D eigenvalue weighted by Crippen LogP contribution is -2.32. The van der Waals surface area contributed by atoms with Gasteiger partial charge in [-0.1, -0.05) is 25.0 Å². The Labute approximate surface area is 188 Å². The zero-order valence-electron chi connectivity index (χ0n) is 18.3. The highest BCUT2D eigenvalue weighted by Crippen LogP contribution is 2.29. The Bertz CT molecular complexity index is 1080. The van der Waals surface area contributed by atoms with E-state index in [1.54, 1.807) is 18.2 Å². The average Bonchev–Trinajstić information content (AvgIpc) is 3.07. The predicted octanol–water partition coefficient (Wildman–Crippen LogP) is 3.36. The number of nitrogens with one attached hydrogen (secondary N) is 1. The van der Waals surface area contributed by atoms with Crippen LogP contribution in [0.5, 0.6) is 5.75 Å². The van der Waals surface area contributed by atoms with Gasteiger partial charge in [0, 0.05) is 18.8 Å². The second-order valence-corrected chi connectivity index (χ2v) is 9.58. The first-order chi connectivity index (χ1) is 15.3. The number of amides is 1. The topological polar surface area (TPSA) is 102 Å². The van der Waals surface area contributed by atoms with Gasteiger partial charge in [-0.3, -0.25) is 4.79 Å². The van der Waals surface area contributed by atoms with Crippen molar-refractivity contribution in [3.05, 3.63) is 53.6 Å². The summed E-state index contributed by atoms with van der Waals surface area (Å²) >= 11 is 0. The van der Waals surface area contributed by atoms with Crippen LogP contribution >= 0.6 is 0 Å². The van der Waals surface area contributed by atoms with Gasteiger partial charge in [0.25, 0.3) is 5.91 Å². The molecule has 2 aromatic rings. The molecule has 1 aliphatic rings. The molecule has 1 heterocycles. The van der Waals surface area contributed by atoms with Crippen LogP contribution in [-0.2, 0) is 19.6 Å². The number of ether oxygens (including phenoxy) is 2. The first-order valence-electron chi connectivity index (χ1n) is 10.5. The molecule has 8 nitrogen and oxygen atoms in total. The van der Waals surface area contributed by atoms with Gasteiger partial charge in [0.2, 0.25) is 10.0 Å². The number of hydrogen-bond donors (Lipinski definition) is 1. The Balaban J connectivity index is 1.72. The van der Waals surface area contributed by atoms with Crippen LogP contribution in [0.4, 0.5) is 5.69 Å². The summed E-state index contributed by atoms with van der Waals surface area (Å²) < 4.78 is 38.2. The van der Waals surface area contributed by atoms with Crippen molar-refractivity contribution in [2.45, 2.75) is 37.5 Å². The normalized spacial score (nSPS) is 14.9. The molecule has 2 aromatic carbocycles. The fourth-order valence-corrected chi connectivity index (χ4v) is 5.26. The molecule has 0 aromatic heterocycles. The summed E-state index contributed by atoms with van der Waals surface area (Å²) in [5.74, 6) is -1.13. The quantitative estimate of drug-likeness (QED) is 0.636. The maximum Gasteiger partial charge on any atom is 0.338 e. The number of esters is 1. The molecule has 0 atom stereocenters. The van der Waals surface area contributed by atoms with Gasteiger partial charge in [-0.2, -0.15) is 4.31 Å². The van der Waals surface area contributed by atoms with Crippen molar-refractivity contribution >= 4 is 27.6 Å². The Morgan fingerprint density at radius 2 is 1.75 bits per heavy atom. The van der Waals surface area contributed by atoms with E-state index < -0.39 is 28.5 Å².